The summed E-state index contributed by atoms with van der Waals surface area (Å²) in [5.41, 5.74) is -2.56. The second-order valence-corrected chi connectivity index (χ2v) is 13.4. The van der Waals surface area contributed by atoms with Gasteiger partial charge in [-0.2, -0.15) is 0 Å². The number of rotatable bonds is 5. The highest BCUT2D eigenvalue weighted by atomic mass is 16.7. The summed E-state index contributed by atoms with van der Waals surface area (Å²) in [4.78, 5) is 55.7. The molecule has 0 aromatic carbocycles. The number of Topliss-reactive ketones (excluding diaryl/α,β-unsaturated/α-hetero) is 2. The van der Waals surface area contributed by atoms with Crippen LogP contribution in [0.3, 0.4) is 0 Å². The number of ether oxygens (including phenoxy) is 5. The molecule has 3 aliphatic heterocycles. The Morgan fingerprint density at radius 1 is 1.02 bits per heavy atom. The van der Waals surface area contributed by atoms with Gasteiger partial charge in [0, 0.05) is 30.9 Å². The van der Waals surface area contributed by atoms with Gasteiger partial charge >= 0.3 is 12.1 Å². The first-order chi connectivity index (χ1) is 19.9. The van der Waals surface area contributed by atoms with Crippen LogP contribution in [0.2, 0.25) is 0 Å². The molecule has 0 spiro atoms. The Morgan fingerprint density at radius 2 is 1.65 bits per heavy atom. The molecule has 0 aliphatic carbocycles. The van der Waals surface area contributed by atoms with Crippen LogP contribution in [-0.4, -0.2) is 109 Å². The number of aliphatic hydroxyl groups excluding tert-OH is 1. The first-order valence-electron chi connectivity index (χ1n) is 15.4. The molecule has 12 nitrogen and oxygen atoms in total. The highest BCUT2D eigenvalue weighted by Gasteiger charge is 2.57. The van der Waals surface area contributed by atoms with E-state index in [-0.39, 0.29) is 30.8 Å². The maximum Gasteiger partial charge on any atom is 0.408 e. The molecule has 13 atom stereocenters. The van der Waals surface area contributed by atoms with Crippen molar-refractivity contribution in [1.29, 1.82) is 0 Å². The predicted molar refractivity (Wildman–Crippen MR) is 156 cm³/mol. The Labute approximate surface area is 255 Å². The van der Waals surface area contributed by atoms with Gasteiger partial charge in [-0.15, -0.1) is 0 Å². The molecule has 43 heavy (non-hydrogen) atoms. The Morgan fingerprint density at radius 3 is 2.21 bits per heavy atom. The van der Waals surface area contributed by atoms with Crippen LogP contribution in [0.4, 0.5) is 4.79 Å². The minimum Gasteiger partial charge on any atom is -0.458 e. The van der Waals surface area contributed by atoms with Crippen LogP contribution in [0.5, 0.6) is 0 Å². The largest absolute Gasteiger partial charge is 0.458 e. The van der Waals surface area contributed by atoms with E-state index in [0.717, 1.165) is 0 Å². The molecule has 3 saturated heterocycles. The van der Waals surface area contributed by atoms with Crippen molar-refractivity contribution in [2.45, 2.75) is 129 Å². The Hall–Kier alpha value is -2.12. The lowest BCUT2D eigenvalue weighted by Crippen LogP contribution is -2.60. The molecule has 0 radical (unpaired) electrons. The Balaban J connectivity index is 2.09. The zero-order valence-corrected chi connectivity index (χ0v) is 27.5. The number of carbonyl (C=O) groups excluding carboxylic acids is 4. The third kappa shape index (κ3) is 6.93. The third-order valence-electron chi connectivity index (χ3n) is 9.93. The summed E-state index contributed by atoms with van der Waals surface area (Å²) < 4.78 is 30.1. The van der Waals surface area contributed by atoms with E-state index in [1.807, 2.05) is 25.9 Å². The van der Waals surface area contributed by atoms with Crippen LogP contribution < -0.4 is 5.32 Å². The number of likely N-dealkylation sites (N-methyl/N-ethyl adjacent to an activating group) is 1. The van der Waals surface area contributed by atoms with Crippen LogP contribution in [-0.2, 0) is 38.1 Å². The normalized spacial score (nSPS) is 45.2. The van der Waals surface area contributed by atoms with E-state index in [1.54, 1.807) is 41.5 Å². The van der Waals surface area contributed by atoms with Gasteiger partial charge in [0.2, 0.25) is 0 Å². The lowest BCUT2D eigenvalue weighted by Gasteiger charge is -2.47. The fourth-order valence-corrected chi connectivity index (χ4v) is 7.19. The number of esters is 1. The maximum absolute atomic E-state index is 13.9. The summed E-state index contributed by atoms with van der Waals surface area (Å²) in [7, 11) is 5.21. The smallest absolute Gasteiger partial charge is 0.408 e. The molecule has 0 aromatic heterocycles. The summed E-state index contributed by atoms with van der Waals surface area (Å²) in [5, 5.41) is 14.0. The van der Waals surface area contributed by atoms with Crippen LogP contribution in [0.25, 0.3) is 0 Å². The molecule has 12 heteroatoms. The minimum absolute atomic E-state index is 0.151. The standard InChI is InChI=1S/C31H52N2O10/c1-12-21-31(8)25(32-29(38)43-31)17(4)22(34)15(2)14-30(7,39-11)26(18(5)23(35)19(6)27(37)41-21)42-28-24(36)20(33(9)10)13-16(3)40-28/h15-21,24-26,28,36H,12-14H2,1-11H3,(H,32,38)/t15-,16-,17+,18+,19-,20+,21-,24-,25+,26-,28+,30-,31-/m1/s1. The first kappa shape index (κ1) is 35.4. The molecular weight excluding hydrogens is 560 g/mol. The summed E-state index contributed by atoms with van der Waals surface area (Å²) in [6, 6.07) is -1.04. The number of ketones is 2. The van der Waals surface area contributed by atoms with Crippen molar-refractivity contribution in [3.8, 4) is 0 Å². The minimum atomic E-state index is -1.33. The number of carbonyl (C=O) groups is 4. The Bertz CT molecular complexity index is 1050. The number of nitrogens with one attached hydrogen (secondary N) is 1. The molecule has 3 heterocycles. The van der Waals surface area contributed by atoms with E-state index in [1.165, 1.54) is 14.0 Å². The summed E-state index contributed by atoms with van der Waals surface area (Å²) in [5.74, 6) is -4.80. The van der Waals surface area contributed by atoms with Gasteiger partial charge in [0.15, 0.2) is 17.7 Å². The summed E-state index contributed by atoms with van der Waals surface area (Å²) >= 11 is 0. The summed E-state index contributed by atoms with van der Waals surface area (Å²) in [6.45, 7) is 13.7. The predicted octanol–water partition coefficient (Wildman–Crippen LogP) is 2.48. The molecule has 3 rings (SSSR count). The van der Waals surface area contributed by atoms with Crippen molar-refractivity contribution in [2.75, 3.05) is 21.2 Å². The van der Waals surface area contributed by atoms with Crippen molar-refractivity contribution in [3.05, 3.63) is 0 Å². The SMILES string of the molecule is CC[C@H]1OC(=O)[C@H](C)C(=O)[C@H](C)[C@@H](O[C@@H]2O[C@H](C)C[C@H](N(C)C)[C@H]2O)[C@](C)(OC)C[C@@H](C)C(=O)[C@H](C)[C@@H]2NC(=O)O[C@]12C. The molecule has 0 aromatic rings. The van der Waals surface area contributed by atoms with Gasteiger partial charge < -0.3 is 39.0 Å². The fraction of sp³-hybridized carbons (Fsp3) is 0.871. The van der Waals surface area contributed by atoms with Crippen molar-refractivity contribution in [1.82, 2.24) is 10.2 Å². The molecule has 0 unspecified atom stereocenters. The molecule has 2 N–H and O–H groups in total. The molecule has 3 fully saturated rings. The highest BCUT2D eigenvalue weighted by molar-refractivity contribution is 6.00. The van der Waals surface area contributed by atoms with Gasteiger partial charge in [-0.1, -0.05) is 27.7 Å². The van der Waals surface area contributed by atoms with Crippen molar-refractivity contribution < 1.29 is 48.0 Å². The molecule has 3 aliphatic rings. The van der Waals surface area contributed by atoms with Gasteiger partial charge in [0.05, 0.1) is 23.9 Å². The van der Waals surface area contributed by atoms with Crippen LogP contribution in [0, 0.1) is 23.7 Å². The van der Waals surface area contributed by atoms with Crippen LogP contribution in [0.1, 0.15) is 74.7 Å². The van der Waals surface area contributed by atoms with Crippen molar-refractivity contribution in [2.24, 2.45) is 23.7 Å². The topological polar surface area (TPSA) is 150 Å². The lowest BCUT2D eigenvalue weighted by atomic mass is 9.73. The number of alkyl carbamates (subject to hydrolysis) is 1. The monoisotopic (exact) mass is 612 g/mol. The quantitative estimate of drug-likeness (QED) is 0.348. The van der Waals surface area contributed by atoms with Gasteiger partial charge in [0.25, 0.3) is 0 Å². The second kappa shape index (κ2) is 13.5. The average molecular weight is 613 g/mol. The van der Waals surface area contributed by atoms with Gasteiger partial charge in [-0.25, -0.2) is 4.79 Å². The maximum atomic E-state index is 13.9. The molecule has 0 bridgehead atoms. The third-order valence-corrected chi connectivity index (χ3v) is 9.93. The van der Waals surface area contributed by atoms with Crippen LogP contribution in [0.15, 0.2) is 0 Å². The molecule has 1 amide bonds. The van der Waals surface area contributed by atoms with E-state index in [0.29, 0.717) is 6.42 Å². The number of methoxy groups -OCH3 is 1. The van der Waals surface area contributed by atoms with Gasteiger partial charge in [-0.3, -0.25) is 14.4 Å². The fourth-order valence-electron chi connectivity index (χ4n) is 7.19. The Kier molecular flexibility index (Phi) is 11.1. The molecular formula is C31H52N2O10. The number of hydrogen-bond donors (Lipinski definition) is 2. The van der Waals surface area contributed by atoms with Crippen molar-refractivity contribution in [3.63, 3.8) is 0 Å². The average Bonchev–Trinajstić information content (AvgIpc) is 3.27. The molecule has 0 saturated carbocycles. The lowest BCUT2D eigenvalue weighted by molar-refractivity contribution is -0.295. The first-order valence-corrected chi connectivity index (χ1v) is 15.4. The van der Waals surface area contributed by atoms with E-state index < -0.39 is 83.4 Å². The second-order valence-electron chi connectivity index (χ2n) is 13.4. The number of amides is 1. The number of aliphatic hydroxyl groups is 1. The zero-order chi connectivity index (χ0) is 32.6. The van der Waals surface area contributed by atoms with E-state index >= 15 is 0 Å². The zero-order valence-electron chi connectivity index (χ0n) is 27.5. The van der Waals surface area contributed by atoms with Gasteiger partial charge in [-0.05, 0) is 61.1 Å². The molecule has 246 valence electrons. The van der Waals surface area contributed by atoms with Gasteiger partial charge in [0.1, 0.15) is 23.9 Å². The number of nitrogens with zero attached hydrogens (tertiary/aromatic N) is 1. The van der Waals surface area contributed by atoms with E-state index in [2.05, 4.69) is 5.32 Å². The van der Waals surface area contributed by atoms with Crippen LogP contribution >= 0.6 is 0 Å². The highest BCUT2D eigenvalue weighted by Crippen LogP contribution is 2.40. The number of hydrogen-bond acceptors (Lipinski definition) is 11. The summed E-state index contributed by atoms with van der Waals surface area (Å²) in [6.07, 6.45) is -3.96. The van der Waals surface area contributed by atoms with E-state index in [4.69, 9.17) is 23.7 Å². The number of fused-ring (bicyclic) bond motifs is 1. The van der Waals surface area contributed by atoms with Crippen molar-refractivity contribution >= 4 is 23.6 Å². The van der Waals surface area contributed by atoms with E-state index in [9.17, 15) is 24.3 Å². The number of cyclic esters (lactones) is 1.